The molecule has 0 spiro atoms. The smallest absolute Gasteiger partial charge is 0.204 e. The van der Waals surface area contributed by atoms with E-state index in [0.29, 0.717) is 5.92 Å². The molecule has 0 radical (unpaired) electrons. The number of hydrogen-bond donors (Lipinski definition) is 0. The molecular formula is C14H20N3OP. The largest absolute Gasteiger partial charge is 0.297 e. The van der Waals surface area contributed by atoms with E-state index in [2.05, 4.69) is 44.9 Å². The van der Waals surface area contributed by atoms with Crippen LogP contribution in [0.25, 0.3) is 11.0 Å². The predicted molar refractivity (Wildman–Crippen MR) is 77.9 cm³/mol. The van der Waals surface area contributed by atoms with Gasteiger partial charge in [0.1, 0.15) is 5.52 Å². The summed E-state index contributed by atoms with van der Waals surface area (Å²) in [6, 6.07) is 7.73. The van der Waals surface area contributed by atoms with Gasteiger partial charge in [0.15, 0.2) is 0 Å². The number of para-hydroxylation sites is 1. The Labute approximate surface area is 113 Å². The molecule has 2 heterocycles. The molecule has 1 aliphatic heterocycles. The molecule has 102 valence electrons. The summed E-state index contributed by atoms with van der Waals surface area (Å²) < 4.78 is 15.4. The summed E-state index contributed by atoms with van der Waals surface area (Å²) in [5, 5.41) is 7.90. The van der Waals surface area contributed by atoms with Crippen LogP contribution in [-0.2, 0) is 4.57 Å². The van der Waals surface area contributed by atoms with Gasteiger partial charge in [0, 0.05) is 10.3 Å². The van der Waals surface area contributed by atoms with Crippen LogP contribution in [0.2, 0.25) is 0 Å². The molecule has 2 aromatic rings. The fourth-order valence-corrected chi connectivity index (χ4v) is 8.20. The highest BCUT2D eigenvalue weighted by atomic mass is 31.2. The summed E-state index contributed by atoms with van der Waals surface area (Å²) in [5.74, 6) is 0.383. The van der Waals surface area contributed by atoms with E-state index in [9.17, 15) is 4.57 Å². The van der Waals surface area contributed by atoms with Crippen molar-refractivity contribution >= 4 is 18.3 Å². The second-order valence-corrected chi connectivity index (χ2v) is 10.4. The number of nitrogens with zero attached hydrogens (tertiary/aromatic N) is 3. The Morgan fingerprint density at radius 1 is 1.16 bits per heavy atom. The topological polar surface area (TPSA) is 47.8 Å². The van der Waals surface area contributed by atoms with E-state index >= 15 is 0 Å². The quantitative estimate of drug-likeness (QED) is 0.745. The van der Waals surface area contributed by atoms with Gasteiger partial charge in [-0.15, -0.1) is 5.10 Å². The molecule has 0 unspecified atom stereocenters. The Morgan fingerprint density at radius 2 is 1.74 bits per heavy atom. The zero-order valence-electron chi connectivity index (χ0n) is 12.1. The third-order valence-corrected chi connectivity index (χ3v) is 10.0. The van der Waals surface area contributed by atoms with Crippen LogP contribution in [0.4, 0.5) is 0 Å². The first-order valence-corrected chi connectivity index (χ1v) is 8.32. The van der Waals surface area contributed by atoms with Crippen LogP contribution in [0.1, 0.15) is 34.6 Å². The van der Waals surface area contributed by atoms with Gasteiger partial charge in [0.2, 0.25) is 7.29 Å². The van der Waals surface area contributed by atoms with Crippen molar-refractivity contribution in [1.82, 2.24) is 14.8 Å². The average Bonchev–Trinajstić information content (AvgIpc) is 2.80. The van der Waals surface area contributed by atoms with Crippen molar-refractivity contribution in [3.05, 3.63) is 24.3 Å². The minimum atomic E-state index is -2.66. The van der Waals surface area contributed by atoms with Crippen LogP contribution in [0.15, 0.2) is 24.3 Å². The van der Waals surface area contributed by atoms with E-state index in [1.54, 1.807) is 4.45 Å². The maximum Gasteiger partial charge on any atom is 0.204 e. The fraction of sp³-hybridized carbons (Fsp3) is 0.571. The second kappa shape index (κ2) is 3.49. The highest BCUT2D eigenvalue weighted by molar-refractivity contribution is 7.67. The summed E-state index contributed by atoms with van der Waals surface area (Å²) in [6.45, 7) is 10.5. The third kappa shape index (κ3) is 1.24. The van der Waals surface area contributed by atoms with Gasteiger partial charge in [-0.25, -0.2) is 0 Å². The Hall–Kier alpha value is -1.15. The first kappa shape index (κ1) is 12.9. The zero-order chi connectivity index (χ0) is 14.1. The van der Waals surface area contributed by atoms with Gasteiger partial charge in [0.05, 0.1) is 5.52 Å². The van der Waals surface area contributed by atoms with E-state index in [0.717, 1.165) is 11.0 Å². The highest BCUT2D eigenvalue weighted by Crippen LogP contribution is 2.82. The minimum Gasteiger partial charge on any atom is -0.297 e. The van der Waals surface area contributed by atoms with E-state index < -0.39 is 7.29 Å². The second-order valence-electron chi connectivity index (χ2n) is 6.57. The molecule has 0 bridgehead atoms. The van der Waals surface area contributed by atoms with Gasteiger partial charge in [-0.1, -0.05) is 52.0 Å². The molecule has 3 rings (SSSR count). The number of rotatable bonds is 1. The maximum atomic E-state index is 13.7. The van der Waals surface area contributed by atoms with Crippen LogP contribution >= 0.6 is 7.29 Å². The molecule has 1 saturated heterocycles. The summed E-state index contributed by atoms with van der Waals surface area (Å²) in [7, 11) is -2.66. The zero-order valence-corrected chi connectivity index (χ0v) is 13.0. The Balaban J connectivity index is 2.29. The van der Waals surface area contributed by atoms with Gasteiger partial charge in [-0.2, -0.15) is 4.45 Å². The molecular weight excluding hydrogens is 257 g/mol. The summed E-state index contributed by atoms with van der Waals surface area (Å²) in [4.78, 5) is 0. The number of hydrogen-bond acceptors (Lipinski definition) is 3. The number of benzene rings is 1. The van der Waals surface area contributed by atoms with Crippen molar-refractivity contribution in [2.45, 2.75) is 44.9 Å². The molecule has 1 aromatic heterocycles. The van der Waals surface area contributed by atoms with Gasteiger partial charge in [-0.05, 0) is 18.1 Å². The molecule has 5 heteroatoms. The van der Waals surface area contributed by atoms with Crippen molar-refractivity contribution in [3.63, 3.8) is 0 Å². The van der Waals surface area contributed by atoms with Crippen molar-refractivity contribution in [2.24, 2.45) is 5.92 Å². The van der Waals surface area contributed by atoms with E-state index in [1.165, 1.54) is 0 Å². The molecule has 1 aliphatic rings. The summed E-state index contributed by atoms with van der Waals surface area (Å²) in [6.07, 6.45) is 0. The highest BCUT2D eigenvalue weighted by Gasteiger charge is 2.70. The Morgan fingerprint density at radius 3 is 2.37 bits per heavy atom. The predicted octanol–water partition coefficient (Wildman–Crippen LogP) is 3.76. The molecule has 0 N–H and O–H groups in total. The van der Waals surface area contributed by atoms with Crippen LogP contribution in [0.5, 0.6) is 0 Å². The lowest BCUT2D eigenvalue weighted by atomic mass is 9.83. The summed E-state index contributed by atoms with van der Waals surface area (Å²) >= 11 is 0. The monoisotopic (exact) mass is 277 g/mol. The average molecular weight is 277 g/mol. The van der Waals surface area contributed by atoms with Gasteiger partial charge in [-0.3, -0.25) is 4.57 Å². The van der Waals surface area contributed by atoms with Crippen LogP contribution in [-0.4, -0.2) is 25.1 Å². The normalized spacial score (nSPS) is 32.2. The van der Waals surface area contributed by atoms with Crippen molar-refractivity contribution in [1.29, 1.82) is 0 Å². The molecule has 1 aromatic carbocycles. The van der Waals surface area contributed by atoms with Crippen molar-refractivity contribution in [2.75, 3.05) is 0 Å². The lowest BCUT2D eigenvalue weighted by Gasteiger charge is -2.61. The molecule has 0 saturated carbocycles. The van der Waals surface area contributed by atoms with Crippen molar-refractivity contribution in [3.8, 4) is 0 Å². The Kier molecular flexibility index (Phi) is 2.36. The maximum absolute atomic E-state index is 13.7. The van der Waals surface area contributed by atoms with Gasteiger partial charge >= 0.3 is 0 Å². The SMILES string of the molecule is CC1C(C)(C)P(=O)(n2nnc3ccccc32)C1(C)C. The lowest BCUT2D eigenvalue weighted by Crippen LogP contribution is -2.59. The first-order chi connectivity index (χ1) is 8.74. The molecule has 19 heavy (non-hydrogen) atoms. The van der Waals surface area contributed by atoms with E-state index in [1.807, 2.05) is 24.3 Å². The minimum absolute atomic E-state index is 0.243. The van der Waals surface area contributed by atoms with E-state index in [4.69, 9.17) is 0 Å². The number of aromatic nitrogens is 3. The third-order valence-electron chi connectivity index (χ3n) is 5.28. The van der Waals surface area contributed by atoms with Crippen LogP contribution in [0.3, 0.4) is 0 Å². The van der Waals surface area contributed by atoms with Gasteiger partial charge < -0.3 is 0 Å². The first-order valence-electron chi connectivity index (χ1n) is 6.66. The van der Waals surface area contributed by atoms with Crippen LogP contribution in [0, 0.1) is 5.92 Å². The lowest BCUT2D eigenvalue weighted by molar-refractivity contribution is 0.261. The van der Waals surface area contributed by atoms with E-state index in [-0.39, 0.29) is 10.3 Å². The molecule has 4 nitrogen and oxygen atoms in total. The van der Waals surface area contributed by atoms with Crippen molar-refractivity contribution < 1.29 is 4.57 Å². The Bertz CT molecular complexity index is 682. The molecule has 0 amide bonds. The molecule has 0 atom stereocenters. The number of fused-ring (bicyclic) bond motifs is 1. The van der Waals surface area contributed by atoms with Crippen LogP contribution < -0.4 is 0 Å². The standard InChI is InChI=1S/C14H20N3OP/c1-10-13(2,3)19(18,14(10,4)5)17-12-9-7-6-8-11(12)15-16-17/h6-10H,1-5H3. The molecule has 0 aliphatic carbocycles. The fourth-order valence-electron chi connectivity index (χ4n) is 3.62. The summed E-state index contributed by atoms with van der Waals surface area (Å²) in [5.41, 5.74) is 1.68. The van der Waals surface area contributed by atoms with Gasteiger partial charge in [0.25, 0.3) is 0 Å². The molecule has 1 fully saturated rings.